The Morgan fingerprint density at radius 2 is 1.62 bits per heavy atom. The molecule has 4 aromatic rings. The molecule has 0 saturated carbocycles. The fraction of sp³-hybridized carbons (Fsp3) is 0.0455. The van der Waals surface area contributed by atoms with Gasteiger partial charge in [0.2, 0.25) is 9.84 Å². The van der Waals surface area contributed by atoms with Crippen LogP contribution in [-0.4, -0.2) is 20.5 Å². The van der Waals surface area contributed by atoms with E-state index < -0.39 is 21.5 Å². The number of pyridine rings is 1. The van der Waals surface area contributed by atoms with Crippen molar-refractivity contribution in [2.45, 2.75) is 9.79 Å². The van der Waals surface area contributed by atoms with Crippen LogP contribution in [0.25, 0.3) is 22.0 Å². The van der Waals surface area contributed by atoms with Crippen molar-refractivity contribution in [3.05, 3.63) is 84.6 Å². The highest BCUT2D eigenvalue weighted by Crippen LogP contribution is 2.37. The third-order valence-electron chi connectivity index (χ3n) is 4.57. The lowest BCUT2D eigenvalue weighted by Gasteiger charge is -2.14. The largest absolute Gasteiger partial charge is 0.497 e. The van der Waals surface area contributed by atoms with Crippen molar-refractivity contribution in [2.24, 2.45) is 0 Å². The molecule has 1 heterocycles. The lowest BCUT2D eigenvalue weighted by Crippen LogP contribution is -2.06. The monoisotopic (exact) mass is 411 g/mol. The number of methoxy groups -OCH3 is 1. The van der Waals surface area contributed by atoms with Gasteiger partial charge in [0.25, 0.3) is 0 Å². The van der Waals surface area contributed by atoms with Crippen LogP contribution >= 0.6 is 0 Å². The lowest BCUT2D eigenvalue weighted by atomic mass is 10.0. The van der Waals surface area contributed by atoms with Crippen LogP contribution in [0.4, 0.5) is 8.78 Å². The molecule has 146 valence electrons. The molecule has 4 rings (SSSR count). The molecule has 0 amide bonds. The number of nitrogens with zero attached hydrogens (tertiary/aromatic N) is 1. The van der Waals surface area contributed by atoms with Crippen molar-refractivity contribution in [3.63, 3.8) is 0 Å². The molecule has 7 heteroatoms. The van der Waals surface area contributed by atoms with Gasteiger partial charge in [-0.05, 0) is 60.2 Å². The third kappa shape index (κ3) is 3.45. The second kappa shape index (κ2) is 7.25. The van der Waals surface area contributed by atoms with Gasteiger partial charge in [0, 0.05) is 17.1 Å². The highest BCUT2D eigenvalue weighted by molar-refractivity contribution is 7.91. The molecule has 0 aliphatic heterocycles. The molecule has 0 aliphatic carbocycles. The van der Waals surface area contributed by atoms with Crippen molar-refractivity contribution >= 4 is 20.7 Å². The predicted molar refractivity (Wildman–Crippen MR) is 106 cm³/mol. The highest BCUT2D eigenvalue weighted by atomic mass is 32.2. The molecule has 0 spiro atoms. The minimum atomic E-state index is -4.02. The molecule has 0 saturated heterocycles. The Morgan fingerprint density at radius 1 is 0.897 bits per heavy atom. The number of fused-ring (bicyclic) bond motifs is 1. The van der Waals surface area contributed by atoms with Gasteiger partial charge in [0.15, 0.2) is 0 Å². The number of hydrogen-bond donors (Lipinski definition) is 0. The smallest absolute Gasteiger partial charge is 0.208 e. The maximum Gasteiger partial charge on any atom is 0.208 e. The van der Waals surface area contributed by atoms with E-state index in [0.717, 1.165) is 0 Å². The van der Waals surface area contributed by atoms with Gasteiger partial charge in [-0.1, -0.05) is 12.1 Å². The summed E-state index contributed by atoms with van der Waals surface area (Å²) in [6, 6.07) is 15.3. The van der Waals surface area contributed by atoms with Crippen LogP contribution < -0.4 is 4.74 Å². The zero-order valence-electron chi connectivity index (χ0n) is 15.3. The van der Waals surface area contributed by atoms with E-state index in [0.29, 0.717) is 16.8 Å². The molecule has 3 aromatic carbocycles. The van der Waals surface area contributed by atoms with E-state index in [1.807, 2.05) is 0 Å². The summed E-state index contributed by atoms with van der Waals surface area (Å²) in [6.45, 7) is 0. The van der Waals surface area contributed by atoms with E-state index in [2.05, 4.69) is 4.98 Å². The van der Waals surface area contributed by atoms with Crippen LogP contribution in [0.3, 0.4) is 0 Å². The quantitative estimate of drug-likeness (QED) is 0.473. The first-order valence-electron chi connectivity index (χ1n) is 8.63. The van der Waals surface area contributed by atoms with E-state index >= 15 is 0 Å². The Morgan fingerprint density at radius 3 is 2.31 bits per heavy atom. The summed E-state index contributed by atoms with van der Waals surface area (Å²) in [4.78, 5) is 4.08. The maximum atomic E-state index is 14.0. The predicted octanol–water partition coefficient (Wildman–Crippen LogP) is 5.02. The molecule has 29 heavy (non-hydrogen) atoms. The molecule has 0 N–H and O–H groups in total. The molecule has 0 bridgehead atoms. The third-order valence-corrected chi connectivity index (χ3v) is 6.35. The van der Waals surface area contributed by atoms with E-state index in [1.54, 1.807) is 6.07 Å². The summed E-state index contributed by atoms with van der Waals surface area (Å²) in [5.74, 6) is -0.569. The maximum absolute atomic E-state index is 14.0. The summed E-state index contributed by atoms with van der Waals surface area (Å²) in [5, 5.41) is 0.283. The average molecular weight is 411 g/mol. The number of rotatable bonds is 4. The first kappa shape index (κ1) is 19.0. The SMILES string of the molecule is COc1ccc(S(=O)(=O)c2cnc3ccc(F)cc3c2-c2cccc(F)c2)cc1. The normalized spacial score (nSPS) is 11.6. The fourth-order valence-corrected chi connectivity index (χ4v) is 4.61. The van der Waals surface area contributed by atoms with Crippen LogP contribution in [0.5, 0.6) is 5.75 Å². The Balaban J connectivity index is 2.04. The van der Waals surface area contributed by atoms with Crippen molar-refractivity contribution in [3.8, 4) is 16.9 Å². The Bertz CT molecular complexity index is 1320. The van der Waals surface area contributed by atoms with Gasteiger partial charge in [-0.3, -0.25) is 4.98 Å². The van der Waals surface area contributed by atoms with Crippen LogP contribution in [-0.2, 0) is 9.84 Å². The van der Waals surface area contributed by atoms with Gasteiger partial charge in [0.05, 0.1) is 22.4 Å². The summed E-state index contributed by atoms with van der Waals surface area (Å²) in [6.07, 6.45) is 1.22. The first-order valence-corrected chi connectivity index (χ1v) is 10.1. The molecule has 0 fully saturated rings. The standard InChI is InChI=1S/C22H15F2NO3S/c1-28-17-6-8-18(9-7-17)29(26,27)21-13-25-20-10-5-16(24)12-19(20)22(21)14-3-2-4-15(23)11-14/h2-13H,1H3. The van der Waals surface area contributed by atoms with Gasteiger partial charge in [-0.2, -0.15) is 0 Å². The summed E-state index contributed by atoms with van der Waals surface area (Å²) < 4.78 is 59.7. The number of hydrogen-bond acceptors (Lipinski definition) is 4. The first-order chi connectivity index (χ1) is 13.9. The van der Waals surface area contributed by atoms with Crippen molar-refractivity contribution in [1.29, 1.82) is 0 Å². The Kier molecular flexibility index (Phi) is 4.76. The fourth-order valence-electron chi connectivity index (χ4n) is 3.17. The van der Waals surface area contributed by atoms with Gasteiger partial charge in [-0.25, -0.2) is 17.2 Å². The lowest BCUT2D eigenvalue weighted by molar-refractivity contribution is 0.414. The van der Waals surface area contributed by atoms with Crippen LogP contribution in [0.1, 0.15) is 0 Å². The minimum absolute atomic E-state index is 0.0218. The van der Waals surface area contributed by atoms with E-state index in [1.165, 1.54) is 74.0 Å². The Hall–Kier alpha value is -3.32. The van der Waals surface area contributed by atoms with E-state index in [-0.39, 0.29) is 20.7 Å². The zero-order valence-corrected chi connectivity index (χ0v) is 16.1. The summed E-state index contributed by atoms with van der Waals surface area (Å²) >= 11 is 0. The minimum Gasteiger partial charge on any atom is -0.497 e. The number of ether oxygens (including phenoxy) is 1. The number of halogens is 2. The molecule has 0 unspecified atom stereocenters. The topological polar surface area (TPSA) is 56.3 Å². The molecular formula is C22H15F2NO3S. The van der Waals surface area contributed by atoms with Crippen molar-refractivity contribution < 1.29 is 21.9 Å². The Labute approximate surface area is 166 Å². The van der Waals surface area contributed by atoms with Crippen LogP contribution in [0.15, 0.2) is 82.7 Å². The zero-order chi connectivity index (χ0) is 20.6. The average Bonchev–Trinajstić information content (AvgIpc) is 2.72. The van der Waals surface area contributed by atoms with Gasteiger partial charge >= 0.3 is 0 Å². The molecule has 4 nitrogen and oxygen atoms in total. The van der Waals surface area contributed by atoms with Crippen LogP contribution in [0.2, 0.25) is 0 Å². The van der Waals surface area contributed by atoms with E-state index in [9.17, 15) is 17.2 Å². The molecule has 0 radical (unpaired) electrons. The van der Waals surface area contributed by atoms with E-state index in [4.69, 9.17) is 4.74 Å². The van der Waals surface area contributed by atoms with Crippen LogP contribution in [0, 0.1) is 11.6 Å². The molecule has 0 atom stereocenters. The van der Waals surface area contributed by atoms with Gasteiger partial charge < -0.3 is 4.74 Å². The van der Waals surface area contributed by atoms with Gasteiger partial charge in [0.1, 0.15) is 17.4 Å². The number of benzene rings is 3. The molecule has 1 aromatic heterocycles. The van der Waals surface area contributed by atoms with Gasteiger partial charge in [-0.15, -0.1) is 0 Å². The second-order valence-corrected chi connectivity index (χ2v) is 8.27. The van der Waals surface area contributed by atoms with Crippen molar-refractivity contribution in [2.75, 3.05) is 7.11 Å². The highest BCUT2D eigenvalue weighted by Gasteiger charge is 2.25. The second-order valence-electron chi connectivity index (χ2n) is 6.35. The molecular weight excluding hydrogens is 396 g/mol. The summed E-state index contributed by atoms with van der Waals surface area (Å²) in [5.41, 5.74) is 0.916. The van der Waals surface area contributed by atoms with Crippen molar-refractivity contribution in [1.82, 2.24) is 4.98 Å². The molecule has 0 aliphatic rings. The summed E-state index contributed by atoms with van der Waals surface area (Å²) in [7, 11) is -2.54. The number of sulfone groups is 1. The number of aromatic nitrogens is 1.